The van der Waals surface area contributed by atoms with Gasteiger partial charge in [-0.1, -0.05) is 24.1 Å². The standard InChI is InChI=1S/C15H19FOS/c1-10-5-6-14(16)13(7-10)15(17)8-11-3-2-4-12(9-15)18-11/h5-7,11-12,17H,2-4,8-9H2,1H3. The van der Waals surface area contributed by atoms with Crippen LogP contribution in [0.15, 0.2) is 18.2 Å². The molecule has 2 saturated heterocycles. The van der Waals surface area contributed by atoms with E-state index in [-0.39, 0.29) is 5.82 Å². The second-order valence-corrected chi connectivity index (χ2v) is 7.34. The molecule has 98 valence electrons. The Hall–Kier alpha value is -0.540. The lowest BCUT2D eigenvalue weighted by Gasteiger charge is -2.44. The molecular formula is C15H19FOS. The quantitative estimate of drug-likeness (QED) is 0.835. The van der Waals surface area contributed by atoms with Crippen molar-refractivity contribution >= 4 is 11.8 Å². The number of rotatable bonds is 1. The molecule has 2 fully saturated rings. The van der Waals surface area contributed by atoms with Gasteiger partial charge in [0.25, 0.3) is 0 Å². The molecule has 1 aromatic rings. The molecule has 0 aliphatic carbocycles. The van der Waals surface area contributed by atoms with Crippen molar-refractivity contribution in [2.45, 2.75) is 55.1 Å². The monoisotopic (exact) mass is 266 g/mol. The van der Waals surface area contributed by atoms with Gasteiger partial charge in [-0.25, -0.2) is 4.39 Å². The van der Waals surface area contributed by atoms with Crippen molar-refractivity contribution in [2.75, 3.05) is 0 Å². The van der Waals surface area contributed by atoms with Gasteiger partial charge in [-0.05, 0) is 38.7 Å². The highest BCUT2D eigenvalue weighted by Gasteiger charge is 2.43. The number of aryl methyl sites for hydroxylation is 1. The van der Waals surface area contributed by atoms with Gasteiger partial charge in [0, 0.05) is 16.1 Å². The Balaban J connectivity index is 1.96. The SMILES string of the molecule is Cc1ccc(F)c(C2(O)CC3CCCC(C2)S3)c1. The molecule has 2 aliphatic heterocycles. The lowest BCUT2D eigenvalue weighted by Crippen LogP contribution is -2.41. The lowest BCUT2D eigenvalue weighted by molar-refractivity contribution is 0.00488. The average molecular weight is 266 g/mol. The molecule has 18 heavy (non-hydrogen) atoms. The van der Waals surface area contributed by atoms with Crippen molar-refractivity contribution in [3.63, 3.8) is 0 Å². The highest BCUT2D eigenvalue weighted by Crippen LogP contribution is 2.49. The molecule has 1 nitrogen and oxygen atoms in total. The van der Waals surface area contributed by atoms with Crippen molar-refractivity contribution in [1.29, 1.82) is 0 Å². The number of hydrogen-bond acceptors (Lipinski definition) is 2. The Labute approximate surface area is 112 Å². The van der Waals surface area contributed by atoms with Crippen LogP contribution in [-0.4, -0.2) is 15.6 Å². The van der Waals surface area contributed by atoms with E-state index >= 15 is 0 Å². The van der Waals surface area contributed by atoms with Crippen LogP contribution in [0, 0.1) is 12.7 Å². The molecule has 2 atom stereocenters. The molecule has 1 aromatic carbocycles. The van der Waals surface area contributed by atoms with Gasteiger partial charge in [0.1, 0.15) is 5.82 Å². The van der Waals surface area contributed by atoms with Crippen LogP contribution in [0.3, 0.4) is 0 Å². The summed E-state index contributed by atoms with van der Waals surface area (Å²) in [6.07, 6.45) is 4.99. The molecule has 0 spiro atoms. The number of halogens is 1. The largest absolute Gasteiger partial charge is 0.385 e. The van der Waals surface area contributed by atoms with Gasteiger partial charge in [-0.15, -0.1) is 0 Å². The molecule has 0 radical (unpaired) electrons. The normalized spacial score (nSPS) is 35.5. The Morgan fingerprint density at radius 1 is 1.28 bits per heavy atom. The minimum atomic E-state index is -0.947. The minimum absolute atomic E-state index is 0.256. The number of aliphatic hydroxyl groups is 1. The van der Waals surface area contributed by atoms with Crippen LogP contribution in [0.2, 0.25) is 0 Å². The number of thioether (sulfide) groups is 1. The van der Waals surface area contributed by atoms with Crippen molar-refractivity contribution < 1.29 is 9.50 Å². The molecule has 3 rings (SSSR count). The van der Waals surface area contributed by atoms with Crippen molar-refractivity contribution in [3.8, 4) is 0 Å². The van der Waals surface area contributed by atoms with Crippen LogP contribution in [0.5, 0.6) is 0 Å². The predicted molar refractivity (Wildman–Crippen MR) is 73.3 cm³/mol. The molecule has 0 aromatic heterocycles. The fourth-order valence-corrected chi connectivity index (χ4v) is 5.23. The van der Waals surface area contributed by atoms with Gasteiger partial charge >= 0.3 is 0 Å². The molecule has 2 aliphatic rings. The lowest BCUT2D eigenvalue weighted by atomic mass is 9.80. The maximum absolute atomic E-state index is 14.0. The second kappa shape index (κ2) is 4.53. The molecule has 3 heteroatoms. The van der Waals surface area contributed by atoms with Crippen molar-refractivity contribution in [1.82, 2.24) is 0 Å². The van der Waals surface area contributed by atoms with E-state index in [9.17, 15) is 9.50 Å². The molecule has 1 N–H and O–H groups in total. The first-order valence-electron chi connectivity index (χ1n) is 6.71. The molecular weight excluding hydrogens is 247 g/mol. The van der Waals surface area contributed by atoms with Gasteiger partial charge in [0.05, 0.1) is 5.60 Å². The van der Waals surface area contributed by atoms with E-state index in [2.05, 4.69) is 0 Å². The number of benzene rings is 1. The molecule has 2 bridgehead atoms. The Kier molecular flexibility index (Phi) is 3.15. The van der Waals surface area contributed by atoms with E-state index in [1.807, 2.05) is 24.8 Å². The molecule has 0 saturated carbocycles. The zero-order chi connectivity index (χ0) is 12.8. The topological polar surface area (TPSA) is 20.2 Å². The third-order valence-corrected chi connectivity index (χ3v) is 5.77. The summed E-state index contributed by atoms with van der Waals surface area (Å²) in [5, 5.41) is 11.9. The maximum Gasteiger partial charge on any atom is 0.129 e. The van der Waals surface area contributed by atoms with Crippen LogP contribution in [0.25, 0.3) is 0 Å². The summed E-state index contributed by atoms with van der Waals surface area (Å²) in [5.41, 5.74) is 0.583. The maximum atomic E-state index is 14.0. The molecule has 0 amide bonds. The highest BCUT2D eigenvalue weighted by molar-refractivity contribution is 8.00. The summed E-state index contributed by atoms with van der Waals surface area (Å²) in [6, 6.07) is 5.07. The summed E-state index contributed by atoms with van der Waals surface area (Å²) < 4.78 is 14.0. The fourth-order valence-electron chi connectivity index (χ4n) is 3.33. The summed E-state index contributed by atoms with van der Waals surface area (Å²) >= 11 is 2.00. The zero-order valence-electron chi connectivity index (χ0n) is 10.7. The third kappa shape index (κ3) is 2.19. The van der Waals surface area contributed by atoms with Crippen LogP contribution in [-0.2, 0) is 5.60 Å². The first-order valence-corrected chi connectivity index (χ1v) is 7.65. The van der Waals surface area contributed by atoms with Crippen LogP contribution in [0.4, 0.5) is 4.39 Å². The summed E-state index contributed by atoms with van der Waals surface area (Å²) in [7, 11) is 0. The van der Waals surface area contributed by atoms with Crippen LogP contribution < -0.4 is 0 Å². The molecule has 2 unspecified atom stereocenters. The number of hydrogen-bond donors (Lipinski definition) is 1. The van der Waals surface area contributed by atoms with Gasteiger partial charge in [0.2, 0.25) is 0 Å². The number of fused-ring (bicyclic) bond motifs is 2. The van der Waals surface area contributed by atoms with E-state index in [0.29, 0.717) is 28.9 Å². The van der Waals surface area contributed by atoms with E-state index in [1.165, 1.54) is 12.5 Å². The van der Waals surface area contributed by atoms with E-state index in [0.717, 1.165) is 18.4 Å². The Morgan fingerprint density at radius 3 is 2.61 bits per heavy atom. The van der Waals surface area contributed by atoms with Crippen LogP contribution in [0.1, 0.15) is 43.2 Å². The average Bonchev–Trinajstić information content (AvgIpc) is 2.31. The van der Waals surface area contributed by atoms with E-state index < -0.39 is 5.60 Å². The summed E-state index contributed by atoms with van der Waals surface area (Å²) in [4.78, 5) is 0. The minimum Gasteiger partial charge on any atom is -0.385 e. The summed E-state index contributed by atoms with van der Waals surface area (Å²) in [6.45, 7) is 1.95. The van der Waals surface area contributed by atoms with Crippen molar-refractivity contribution in [3.05, 3.63) is 35.1 Å². The van der Waals surface area contributed by atoms with Gasteiger partial charge in [-0.3, -0.25) is 0 Å². The van der Waals surface area contributed by atoms with E-state index in [1.54, 1.807) is 6.07 Å². The van der Waals surface area contributed by atoms with E-state index in [4.69, 9.17) is 0 Å². The Bertz CT molecular complexity index is 448. The zero-order valence-corrected chi connectivity index (χ0v) is 11.5. The second-order valence-electron chi connectivity index (χ2n) is 5.73. The smallest absolute Gasteiger partial charge is 0.129 e. The van der Waals surface area contributed by atoms with Crippen molar-refractivity contribution in [2.24, 2.45) is 0 Å². The first kappa shape index (κ1) is 12.5. The molecule has 2 heterocycles. The van der Waals surface area contributed by atoms with Gasteiger partial charge in [0.15, 0.2) is 0 Å². The fraction of sp³-hybridized carbons (Fsp3) is 0.600. The first-order chi connectivity index (χ1) is 8.57. The Morgan fingerprint density at radius 2 is 1.94 bits per heavy atom. The third-order valence-electron chi connectivity index (χ3n) is 4.19. The van der Waals surface area contributed by atoms with Gasteiger partial charge in [-0.2, -0.15) is 11.8 Å². The van der Waals surface area contributed by atoms with Gasteiger partial charge < -0.3 is 5.11 Å². The summed E-state index contributed by atoms with van der Waals surface area (Å²) in [5.74, 6) is -0.256. The van der Waals surface area contributed by atoms with Crippen LogP contribution >= 0.6 is 11.8 Å². The highest BCUT2D eigenvalue weighted by atomic mass is 32.2. The predicted octanol–water partition coefficient (Wildman–Crippen LogP) is 3.77.